The number of aromatic nitrogens is 3. The first-order valence-corrected chi connectivity index (χ1v) is 6.16. The van der Waals surface area contributed by atoms with Crippen molar-refractivity contribution in [3.05, 3.63) is 41.6 Å². The molecule has 0 spiro atoms. The molecular weight excluding hydrogens is 238 g/mol. The molecule has 0 atom stereocenters. The molecule has 19 heavy (non-hydrogen) atoms. The summed E-state index contributed by atoms with van der Waals surface area (Å²) in [6, 6.07) is 10.0. The molecule has 1 N–H and O–H groups in total. The molecule has 0 aliphatic rings. The van der Waals surface area contributed by atoms with Gasteiger partial charge in [0.25, 0.3) is 0 Å². The third kappa shape index (κ3) is 2.05. The predicted octanol–water partition coefficient (Wildman–Crippen LogP) is 3.25. The number of methoxy groups -OCH3 is 1. The van der Waals surface area contributed by atoms with Crippen LogP contribution in [0.4, 0.5) is 0 Å². The lowest BCUT2D eigenvalue weighted by Gasteiger charge is -2.06. The van der Waals surface area contributed by atoms with E-state index in [1.165, 1.54) is 5.56 Å². The molecule has 3 aromatic rings. The van der Waals surface area contributed by atoms with Crippen LogP contribution in [0.2, 0.25) is 0 Å². The molecule has 0 radical (unpaired) electrons. The highest BCUT2D eigenvalue weighted by Gasteiger charge is 2.11. The SMILES string of the molecule is COc1ccc(C)cc1-c1nc2nc(C)ccc2[nH]1. The Morgan fingerprint density at radius 2 is 1.89 bits per heavy atom. The number of hydrogen-bond acceptors (Lipinski definition) is 3. The second-order valence-electron chi connectivity index (χ2n) is 4.61. The van der Waals surface area contributed by atoms with Gasteiger partial charge >= 0.3 is 0 Å². The summed E-state index contributed by atoms with van der Waals surface area (Å²) in [4.78, 5) is 12.3. The van der Waals surface area contributed by atoms with Crippen molar-refractivity contribution in [3.63, 3.8) is 0 Å². The van der Waals surface area contributed by atoms with Gasteiger partial charge < -0.3 is 9.72 Å². The average molecular weight is 253 g/mol. The second-order valence-corrected chi connectivity index (χ2v) is 4.61. The van der Waals surface area contributed by atoms with Crippen molar-refractivity contribution in [1.82, 2.24) is 15.0 Å². The van der Waals surface area contributed by atoms with E-state index in [0.29, 0.717) is 0 Å². The first kappa shape index (κ1) is 11.7. The molecule has 0 unspecified atom stereocenters. The Kier molecular flexibility index (Phi) is 2.71. The highest BCUT2D eigenvalue weighted by Crippen LogP contribution is 2.29. The van der Waals surface area contributed by atoms with Crippen LogP contribution in [0.15, 0.2) is 30.3 Å². The molecule has 2 heterocycles. The zero-order valence-corrected chi connectivity index (χ0v) is 11.2. The van der Waals surface area contributed by atoms with E-state index in [2.05, 4.69) is 21.0 Å². The van der Waals surface area contributed by atoms with Crippen molar-refractivity contribution in [3.8, 4) is 17.1 Å². The minimum absolute atomic E-state index is 0.735. The summed E-state index contributed by atoms with van der Waals surface area (Å²) < 4.78 is 5.39. The van der Waals surface area contributed by atoms with Gasteiger partial charge in [-0.3, -0.25) is 0 Å². The van der Waals surface area contributed by atoms with Gasteiger partial charge in [0, 0.05) is 5.69 Å². The monoisotopic (exact) mass is 253 g/mol. The van der Waals surface area contributed by atoms with Crippen LogP contribution in [-0.2, 0) is 0 Å². The number of fused-ring (bicyclic) bond motifs is 1. The van der Waals surface area contributed by atoms with Gasteiger partial charge in [0.05, 0.1) is 18.2 Å². The number of aromatic amines is 1. The number of imidazole rings is 1. The van der Waals surface area contributed by atoms with Crippen molar-refractivity contribution in [2.24, 2.45) is 0 Å². The molecule has 0 fully saturated rings. The van der Waals surface area contributed by atoms with Crippen LogP contribution in [-0.4, -0.2) is 22.1 Å². The third-order valence-electron chi connectivity index (χ3n) is 3.10. The number of hydrogen-bond donors (Lipinski definition) is 1. The van der Waals surface area contributed by atoms with E-state index >= 15 is 0 Å². The molecule has 1 aromatic carbocycles. The zero-order valence-electron chi connectivity index (χ0n) is 11.2. The molecule has 0 bridgehead atoms. The van der Waals surface area contributed by atoms with E-state index in [0.717, 1.165) is 34.0 Å². The van der Waals surface area contributed by atoms with Gasteiger partial charge in [-0.25, -0.2) is 9.97 Å². The number of nitrogens with one attached hydrogen (secondary N) is 1. The highest BCUT2D eigenvalue weighted by atomic mass is 16.5. The van der Waals surface area contributed by atoms with Crippen LogP contribution < -0.4 is 4.74 Å². The smallest absolute Gasteiger partial charge is 0.178 e. The van der Waals surface area contributed by atoms with Crippen LogP contribution >= 0.6 is 0 Å². The van der Waals surface area contributed by atoms with Gasteiger partial charge in [-0.05, 0) is 38.1 Å². The van der Waals surface area contributed by atoms with E-state index in [1.807, 2.05) is 38.1 Å². The summed E-state index contributed by atoms with van der Waals surface area (Å²) in [6.45, 7) is 4.01. The van der Waals surface area contributed by atoms with E-state index < -0.39 is 0 Å². The molecule has 3 rings (SSSR count). The lowest BCUT2D eigenvalue weighted by atomic mass is 10.1. The summed E-state index contributed by atoms with van der Waals surface area (Å²) in [6.07, 6.45) is 0. The molecule has 4 heteroatoms. The van der Waals surface area contributed by atoms with Gasteiger partial charge in [0.15, 0.2) is 5.65 Å². The normalized spacial score (nSPS) is 10.9. The number of aryl methyl sites for hydroxylation is 2. The summed E-state index contributed by atoms with van der Waals surface area (Å²) in [5, 5.41) is 0. The summed E-state index contributed by atoms with van der Waals surface area (Å²) in [5.41, 5.74) is 4.75. The Hall–Kier alpha value is -2.36. The third-order valence-corrected chi connectivity index (χ3v) is 3.10. The van der Waals surface area contributed by atoms with Gasteiger partial charge in [-0.2, -0.15) is 0 Å². The predicted molar refractivity (Wildman–Crippen MR) is 75.4 cm³/mol. The molecule has 0 aliphatic heterocycles. The number of pyridine rings is 1. The first-order valence-electron chi connectivity index (χ1n) is 6.16. The van der Waals surface area contributed by atoms with Crippen molar-refractivity contribution in [2.45, 2.75) is 13.8 Å². The molecule has 0 saturated carbocycles. The minimum Gasteiger partial charge on any atom is -0.496 e. The van der Waals surface area contributed by atoms with Crippen molar-refractivity contribution >= 4 is 11.2 Å². The Morgan fingerprint density at radius 1 is 1.05 bits per heavy atom. The molecule has 0 saturated heterocycles. The maximum absolute atomic E-state index is 5.39. The van der Waals surface area contributed by atoms with Crippen molar-refractivity contribution in [2.75, 3.05) is 7.11 Å². The lowest BCUT2D eigenvalue weighted by molar-refractivity contribution is 0.416. The molecule has 2 aromatic heterocycles. The molecule has 4 nitrogen and oxygen atoms in total. The van der Waals surface area contributed by atoms with E-state index in [4.69, 9.17) is 4.74 Å². The Morgan fingerprint density at radius 3 is 2.68 bits per heavy atom. The maximum Gasteiger partial charge on any atom is 0.178 e. The fourth-order valence-electron chi connectivity index (χ4n) is 2.12. The van der Waals surface area contributed by atoms with E-state index in [9.17, 15) is 0 Å². The van der Waals surface area contributed by atoms with Crippen LogP contribution in [0, 0.1) is 13.8 Å². The average Bonchev–Trinajstić information content (AvgIpc) is 2.81. The molecule has 96 valence electrons. The number of nitrogens with zero attached hydrogens (tertiary/aromatic N) is 2. The standard InChI is InChI=1S/C15H15N3O/c1-9-4-7-13(19-3)11(8-9)14-17-12-6-5-10(2)16-15(12)18-14/h4-8H,1-3H3,(H,16,17,18). The topological polar surface area (TPSA) is 50.8 Å². The fourth-order valence-corrected chi connectivity index (χ4v) is 2.12. The van der Waals surface area contributed by atoms with Crippen molar-refractivity contribution < 1.29 is 4.74 Å². The van der Waals surface area contributed by atoms with Gasteiger partial charge in [0.2, 0.25) is 0 Å². The summed E-state index contributed by atoms with van der Waals surface area (Å²) >= 11 is 0. The largest absolute Gasteiger partial charge is 0.496 e. The van der Waals surface area contributed by atoms with Gasteiger partial charge in [-0.1, -0.05) is 11.6 Å². The molecule has 0 amide bonds. The number of ether oxygens (including phenoxy) is 1. The fraction of sp³-hybridized carbons (Fsp3) is 0.200. The zero-order chi connectivity index (χ0) is 13.4. The minimum atomic E-state index is 0.735. The Labute approximate surface area is 111 Å². The highest BCUT2D eigenvalue weighted by molar-refractivity contribution is 5.78. The van der Waals surface area contributed by atoms with Crippen molar-refractivity contribution in [1.29, 1.82) is 0 Å². The van der Waals surface area contributed by atoms with E-state index in [-0.39, 0.29) is 0 Å². The lowest BCUT2D eigenvalue weighted by Crippen LogP contribution is -1.90. The van der Waals surface area contributed by atoms with Crippen LogP contribution in [0.25, 0.3) is 22.6 Å². The number of benzene rings is 1. The maximum atomic E-state index is 5.39. The first-order chi connectivity index (χ1) is 9.17. The van der Waals surface area contributed by atoms with Crippen LogP contribution in [0.1, 0.15) is 11.3 Å². The van der Waals surface area contributed by atoms with Gasteiger partial charge in [-0.15, -0.1) is 0 Å². The molecule has 0 aliphatic carbocycles. The van der Waals surface area contributed by atoms with E-state index in [1.54, 1.807) is 7.11 Å². The molecular formula is C15H15N3O. The van der Waals surface area contributed by atoms with Gasteiger partial charge in [0.1, 0.15) is 11.6 Å². The quantitative estimate of drug-likeness (QED) is 0.762. The summed E-state index contributed by atoms with van der Waals surface area (Å²) in [7, 11) is 1.67. The second kappa shape index (κ2) is 4.39. The summed E-state index contributed by atoms with van der Waals surface area (Å²) in [5.74, 6) is 1.59. The van der Waals surface area contributed by atoms with Crippen LogP contribution in [0.3, 0.4) is 0 Å². The Bertz CT molecular complexity index is 746. The Balaban J connectivity index is 2.21. The van der Waals surface area contributed by atoms with Crippen LogP contribution in [0.5, 0.6) is 5.75 Å². The number of H-pyrrole nitrogens is 1. The number of rotatable bonds is 2.